The lowest BCUT2D eigenvalue weighted by Gasteiger charge is -2.20. The van der Waals surface area contributed by atoms with Crippen molar-refractivity contribution in [3.05, 3.63) is 54.1 Å². The van der Waals surface area contributed by atoms with E-state index in [0.717, 1.165) is 32.1 Å². The molecule has 2 aromatic rings. The molecule has 0 saturated carbocycles. The largest absolute Gasteiger partial charge is 0.493 e. The number of sulfonamides is 1. The number of amides is 1. The third kappa shape index (κ3) is 6.31. The Balaban J connectivity index is 1.68. The Morgan fingerprint density at radius 3 is 2.29 bits per heavy atom. The van der Waals surface area contributed by atoms with Crippen LogP contribution in [0.2, 0.25) is 0 Å². The summed E-state index contributed by atoms with van der Waals surface area (Å²) in [5.41, 5.74) is 0.990. The molecular formula is C24H32N2O4S. The Morgan fingerprint density at radius 1 is 1.00 bits per heavy atom. The van der Waals surface area contributed by atoms with Crippen molar-refractivity contribution in [3.8, 4) is 5.75 Å². The van der Waals surface area contributed by atoms with Gasteiger partial charge in [0.05, 0.1) is 17.1 Å². The highest BCUT2D eigenvalue weighted by molar-refractivity contribution is 7.89. The number of rotatable bonds is 8. The molecule has 1 heterocycles. The molecule has 0 aromatic heterocycles. The van der Waals surface area contributed by atoms with Crippen molar-refractivity contribution in [2.24, 2.45) is 5.92 Å². The molecule has 7 heteroatoms. The Morgan fingerprint density at radius 2 is 1.65 bits per heavy atom. The molecule has 6 nitrogen and oxygen atoms in total. The highest BCUT2D eigenvalue weighted by Crippen LogP contribution is 2.24. The van der Waals surface area contributed by atoms with Crippen LogP contribution in [0.5, 0.6) is 5.75 Å². The van der Waals surface area contributed by atoms with E-state index in [1.807, 2.05) is 6.07 Å². The Kier molecular flexibility index (Phi) is 8.09. The number of carbonyl (C=O) groups is 1. The molecular weight excluding hydrogens is 412 g/mol. The zero-order chi connectivity index (χ0) is 22.3. The fourth-order valence-corrected chi connectivity index (χ4v) is 5.04. The molecule has 1 aliphatic rings. The van der Waals surface area contributed by atoms with Gasteiger partial charge in [0.15, 0.2) is 0 Å². The molecule has 1 fully saturated rings. The molecule has 1 aliphatic heterocycles. The van der Waals surface area contributed by atoms with E-state index < -0.39 is 10.0 Å². The maximum atomic E-state index is 12.9. The van der Waals surface area contributed by atoms with Crippen molar-refractivity contribution in [2.75, 3.05) is 25.0 Å². The number of benzene rings is 2. The minimum atomic E-state index is -3.51. The van der Waals surface area contributed by atoms with E-state index in [1.54, 1.807) is 46.8 Å². The monoisotopic (exact) mass is 444 g/mol. The normalized spacial score (nSPS) is 15.5. The second kappa shape index (κ2) is 10.8. The lowest BCUT2D eigenvalue weighted by Crippen LogP contribution is -2.31. The topological polar surface area (TPSA) is 75.7 Å². The van der Waals surface area contributed by atoms with Gasteiger partial charge in [-0.15, -0.1) is 0 Å². The summed E-state index contributed by atoms with van der Waals surface area (Å²) in [5, 5.41) is 2.84. The van der Waals surface area contributed by atoms with Gasteiger partial charge in [0.1, 0.15) is 5.75 Å². The standard InChI is InChI=1S/C24H32N2O4S/c1-19(2)15-18-30-23-10-6-5-9-22(23)24(27)25-20-11-13-21(14-12-20)31(28,29)26-16-7-3-4-8-17-26/h5-6,9-14,19H,3-4,7-8,15-18H2,1-2H3,(H,25,27). The molecule has 0 radical (unpaired) electrons. The van der Waals surface area contributed by atoms with Gasteiger partial charge >= 0.3 is 0 Å². The molecule has 2 aromatic carbocycles. The fraction of sp³-hybridized carbons (Fsp3) is 0.458. The second-order valence-corrected chi connectivity index (χ2v) is 10.3. The van der Waals surface area contributed by atoms with E-state index in [2.05, 4.69) is 19.2 Å². The number of nitrogens with zero attached hydrogens (tertiary/aromatic N) is 1. The highest BCUT2D eigenvalue weighted by atomic mass is 32.2. The predicted octanol–water partition coefficient (Wildman–Crippen LogP) is 4.93. The van der Waals surface area contributed by atoms with Crippen LogP contribution >= 0.6 is 0 Å². The third-order valence-electron chi connectivity index (χ3n) is 5.40. The summed E-state index contributed by atoms with van der Waals surface area (Å²) in [6, 6.07) is 13.5. The maximum absolute atomic E-state index is 12.9. The van der Waals surface area contributed by atoms with Crippen molar-refractivity contribution < 1.29 is 17.9 Å². The van der Waals surface area contributed by atoms with Crippen molar-refractivity contribution in [3.63, 3.8) is 0 Å². The lowest BCUT2D eigenvalue weighted by molar-refractivity contribution is 0.102. The van der Waals surface area contributed by atoms with E-state index in [-0.39, 0.29) is 10.8 Å². The van der Waals surface area contributed by atoms with Gasteiger partial charge in [-0.25, -0.2) is 8.42 Å². The molecule has 0 unspecified atom stereocenters. The second-order valence-electron chi connectivity index (χ2n) is 8.32. The van der Waals surface area contributed by atoms with E-state index in [1.165, 1.54) is 0 Å². The zero-order valence-corrected chi connectivity index (χ0v) is 19.2. The Bertz CT molecular complexity index is 963. The van der Waals surface area contributed by atoms with Gasteiger partial charge in [-0.1, -0.05) is 38.8 Å². The van der Waals surface area contributed by atoms with Crippen LogP contribution in [-0.2, 0) is 10.0 Å². The first-order chi connectivity index (χ1) is 14.9. The summed E-state index contributed by atoms with van der Waals surface area (Å²) >= 11 is 0. The van der Waals surface area contributed by atoms with Crippen LogP contribution in [0.3, 0.4) is 0 Å². The predicted molar refractivity (Wildman–Crippen MR) is 123 cm³/mol. The van der Waals surface area contributed by atoms with Crippen LogP contribution in [0.1, 0.15) is 56.3 Å². The van der Waals surface area contributed by atoms with Crippen molar-refractivity contribution in [1.29, 1.82) is 0 Å². The van der Waals surface area contributed by atoms with Crippen molar-refractivity contribution >= 4 is 21.6 Å². The van der Waals surface area contributed by atoms with Gasteiger partial charge < -0.3 is 10.1 Å². The summed E-state index contributed by atoms with van der Waals surface area (Å²) < 4.78 is 33.2. The summed E-state index contributed by atoms with van der Waals surface area (Å²) in [5.74, 6) is 0.773. The number of hydrogen-bond donors (Lipinski definition) is 1. The highest BCUT2D eigenvalue weighted by Gasteiger charge is 2.25. The van der Waals surface area contributed by atoms with Crippen LogP contribution in [-0.4, -0.2) is 38.3 Å². The van der Waals surface area contributed by atoms with Crippen LogP contribution in [0.15, 0.2) is 53.4 Å². The van der Waals surface area contributed by atoms with Crippen molar-refractivity contribution in [2.45, 2.75) is 50.8 Å². The Labute approximate surface area is 185 Å². The lowest BCUT2D eigenvalue weighted by atomic mass is 10.1. The van der Waals surface area contributed by atoms with Crippen LogP contribution in [0, 0.1) is 5.92 Å². The minimum Gasteiger partial charge on any atom is -0.493 e. The molecule has 3 rings (SSSR count). The Hall–Kier alpha value is -2.38. The number of carbonyl (C=O) groups excluding carboxylic acids is 1. The molecule has 1 saturated heterocycles. The number of para-hydroxylation sites is 1. The quantitative estimate of drug-likeness (QED) is 0.626. The average Bonchev–Trinajstić information content (AvgIpc) is 3.04. The van der Waals surface area contributed by atoms with E-state index >= 15 is 0 Å². The van der Waals surface area contributed by atoms with Crippen molar-refractivity contribution in [1.82, 2.24) is 4.31 Å². The summed E-state index contributed by atoms with van der Waals surface area (Å²) in [7, 11) is -3.51. The molecule has 31 heavy (non-hydrogen) atoms. The number of ether oxygens (including phenoxy) is 1. The fourth-order valence-electron chi connectivity index (χ4n) is 3.52. The van der Waals surface area contributed by atoms with Gasteiger partial charge in [0.2, 0.25) is 10.0 Å². The zero-order valence-electron chi connectivity index (χ0n) is 18.3. The van der Waals surface area contributed by atoms with E-state index in [0.29, 0.717) is 42.6 Å². The summed E-state index contributed by atoms with van der Waals surface area (Å²) in [4.78, 5) is 13.0. The van der Waals surface area contributed by atoms with E-state index in [9.17, 15) is 13.2 Å². The molecule has 0 atom stereocenters. The first-order valence-electron chi connectivity index (χ1n) is 11.0. The molecule has 0 aliphatic carbocycles. The molecule has 0 spiro atoms. The first kappa shape index (κ1) is 23.3. The molecule has 0 bridgehead atoms. The molecule has 168 valence electrons. The number of anilines is 1. The van der Waals surface area contributed by atoms with Crippen LogP contribution in [0.25, 0.3) is 0 Å². The SMILES string of the molecule is CC(C)CCOc1ccccc1C(=O)Nc1ccc(S(=O)(=O)N2CCCCCC2)cc1. The molecule has 1 N–H and O–H groups in total. The number of hydrogen-bond acceptors (Lipinski definition) is 4. The average molecular weight is 445 g/mol. The first-order valence-corrected chi connectivity index (χ1v) is 12.5. The smallest absolute Gasteiger partial charge is 0.259 e. The van der Waals surface area contributed by atoms with Gasteiger partial charge in [-0.2, -0.15) is 4.31 Å². The molecule has 1 amide bonds. The minimum absolute atomic E-state index is 0.254. The summed E-state index contributed by atoms with van der Waals surface area (Å²) in [6.45, 7) is 5.92. The van der Waals surface area contributed by atoms with E-state index in [4.69, 9.17) is 4.74 Å². The summed E-state index contributed by atoms with van der Waals surface area (Å²) in [6.07, 6.45) is 4.83. The van der Waals surface area contributed by atoms with Gasteiger partial charge in [-0.05, 0) is 61.6 Å². The van der Waals surface area contributed by atoms with Gasteiger partial charge in [0, 0.05) is 18.8 Å². The van der Waals surface area contributed by atoms with Gasteiger partial charge in [0.25, 0.3) is 5.91 Å². The van der Waals surface area contributed by atoms with Gasteiger partial charge in [-0.3, -0.25) is 4.79 Å². The van der Waals surface area contributed by atoms with Crippen LogP contribution < -0.4 is 10.1 Å². The van der Waals surface area contributed by atoms with Crippen LogP contribution in [0.4, 0.5) is 5.69 Å². The third-order valence-corrected chi connectivity index (χ3v) is 7.31. The number of nitrogens with one attached hydrogen (secondary N) is 1. The maximum Gasteiger partial charge on any atom is 0.259 e.